The Bertz CT molecular complexity index is 678. The molecule has 22 heavy (non-hydrogen) atoms. The Morgan fingerprint density at radius 1 is 1.32 bits per heavy atom. The van der Waals surface area contributed by atoms with Crippen molar-refractivity contribution in [2.24, 2.45) is 0 Å². The molecule has 0 aliphatic rings. The topological polar surface area (TPSA) is 71.8 Å². The fourth-order valence-corrected chi connectivity index (χ4v) is 2.45. The number of hydrogen-bond donors (Lipinski definition) is 1. The molecule has 0 bridgehead atoms. The van der Waals surface area contributed by atoms with E-state index in [-0.39, 0.29) is 12.5 Å². The average molecular weight is 304 g/mol. The third-order valence-corrected chi connectivity index (χ3v) is 3.55. The number of nitrogens with zero attached hydrogens (tertiary/aromatic N) is 2. The molecule has 1 aromatic carbocycles. The smallest absolute Gasteiger partial charge is 0.323 e. The van der Waals surface area contributed by atoms with Gasteiger partial charge in [0.1, 0.15) is 6.54 Å². The van der Waals surface area contributed by atoms with Crippen LogP contribution in [-0.2, 0) is 16.1 Å². The summed E-state index contributed by atoms with van der Waals surface area (Å²) in [6.07, 6.45) is 1.77. The second-order valence-electron chi connectivity index (χ2n) is 4.96. The third-order valence-electron chi connectivity index (χ3n) is 3.55. The Morgan fingerprint density at radius 3 is 2.68 bits per heavy atom. The Kier molecular flexibility index (Phi) is 5.16. The summed E-state index contributed by atoms with van der Waals surface area (Å²) >= 11 is 0. The average Bonchev–Trinajstić information content (AvgIpc) is 2.88. The lowest BCUT2D eigenvalue weighted by Gasteiger charge is -2.17. The second-order valence-corrected chi connectivity index (χ2v) is 4.96. The molecule has 1 N–H and O–H groups in total. The number of carboxylic acids is 1. The molecule has 0 saturated heterocycles. The Hall–Kier alpha value is -2.34. The standard InChI is InChI=1S/C16H20N2O4/c1-3-17(11-15(19)20)16(21)13-10-18(8-9-22-2)14-7-5-4-6-12(13)14/h4-7,10H,3,8-9,11H2,1-2H3,(H,19,20). The predicted molar refractivity (Wildman–Crippen MR) is 83.0 cm³/mol. The van der Waals surface area contributed by atoms with Crippen molar-refractivity contribution >= 4 is 22.8 Å². The molecule has 0 unspecified atom stereocenters. The minimum atomic E-state index is -1.02. The van der Waals surface area contributed by atoms with Gasteiger partial charge in [0.2, 0.25) is 0 Å². The highest BCUT2D eigenvalue weighted by molar-refractivity contribution is 6.07. The van der Waals surface area contributed by atoms with Crippen molar-refractivity contribution in [2.75, 3.05) is 26.8 Å². The van der Waals surface area contributed by atoms with Crippen LogP contribution in [0.15, 0.2) is 30.5 Å². The molecule has 1 amide bonds. The predicted octanol–water partition coefficient (Wildman–Crippen LogP) is 1.83. The number of fused-ring (bicyclic) bond motifs is 1. The molecule has 2 aromatic rings. The highest BCUT2D eigenvalue weighted by atomic mass is 16.5. The van der Waals surface area contributed by atoms with Crippen molar-refractivity contribution in [3.8, 4) is 0 Å². The number of carbonyl (C=O) groups is 2. The van der Waals surface area contributed by atoms with Crippen molar-refractivity contribution in [3.05, 3.63) is 36.0 Å². The molecule has 1 heterocycles. The van der Waals surface area contributed by atoms with E-state index in [0.717, 1.165) is 10.9 Å². The highest BCUT2D eigenvalue weighted by Crippen LogP contribution is 2.22. The van der Waals surface area contributed by atoms with Gasteiger partial charge in [-0.1, -0.05) is 18.2 Å². The first-order valence-electron chi connectivity index (χ1n) is 7.16. The van der Waals surface area contributed by atoms with E-state index in [9.17, 15) is 9.59 Å². The second kappa shape index (κ2) is 7.09. The van der Waals surface area contributed by atoms with Gasteiger partial charge in [-0.2, -0.15) is 0 Å². The number of carboxylic acid groups (broad SMARTS) is 1. The van der Waals surface area contributed by atoms with Gasteiger partial charge in [0.25, 0.3) is 5.91 Å². The summed E-state index contributed by atoms with van der Waals surface area (Å²) in [5, 5.41) is 9.76. The number of likely N-dealkylation sites (N-methyl/N-ethyl adjacent to an activating group) is 1. The molecule has 0 saturated carbocycles. The summed E-state index contributed by atoms with van der Waals surface area (Å²) < 4.78 is 7.05. The lowest BCUT2D eigenvalue weighted by molar-refractivity contribution is -0.137. The molecule has 6 heteroatoms. The molecule has 0 spiro atoms. The van der Waals surface area contributed by atoms with Crippen molar-refractivity contribution in [1.82, 2.24) is 9.47 Å². The zero-order chi connectivity index (χ0) is 16.1. The van der Waals surface area contributed by atoms with E-state index in [1.165, 1.54) is 4.90 Å². The lowest BCUT2D eigenvalue weighted by atomic mass is 10.1. The first-order valence-corrected chi connectivity index (χ1v) is 7.16. The van der Waals surface area contributed by atoms with Crippen LogP contribution in [0.5, 0.6) is 0 Å². The molecular formula is C16H20N2O4. The molecule has 6 nitrogen and oxygen atoms in total. The Morgan fingerprint density at radius 2 is 2.05 bits per heavy atom. The number of hydrogen-bond acceptors (Lipinski definition) is 3. The monoisotopic (exact) mass is 304 g/mol. The zero-order valence-corrected chi connectivity index (χ0v) is 12.8. The van der Waals surface area contributed by atoms with Crippen LogP contribution >= 0.6 is 0 Å². The van der Waals surface area contributed by atoms with Crippen LogP contribution in [0.3, 0.4) is 0 Å². The number of carbonyl (C=O) groups excluding carboxylic acids is 1. The normalized spacial score (nSPS) is 10.8. The van der Waals surface area contributed by atoms with Gasteiger partial charge in [0.05, 0.1) is 12.2 Å². The van der Waals surface area contributed by atoms with Crippen molar-refractivity contribution in [1.29, 1.82) is 0 Å². The number of para-hydroxylation sites is 1. The van der Waals surface area contributed by atoms with Gasteiger partial charge in [-0.15, -0.1) is 0 Å². The minimum Gasteiger partial charge on any atom is -0.480 e. The van der Waals surface area contributed by atoms with Crippen molar-refractivity contribution in [2.45, 2.75) is 13.5 Å². The number of ether oxygens (including phenoxy) is 1. The summed E-state index contributed by atoms with van der Waals surface area (Å²) in [4.78, 5) is 24.9. The zero-order valence-electron chi connectivity index (χ0n) is 12.8. The van der Waals surface area contributed by atoms with E-state index < -0.39 is 5.97 Å². The summed E-state index contributed by atoms with van der Waals surface area (Å²) in [7, 11) is 1.63. The maximum atomic E-state index is 12.6. The summed E-state index contributed by atoms with van der Waals surface area (Å²) in [5.41, 5.74) is 1.46. The number of benzene rings is 1. The van der Waals surface area contributed by atoms with Gasteiger partial charge in [-0.3, -0.25) is 9.59 Å². The Balaban J connectivity index is 2.41. The number of amides is 1. The highest BCUT2D eigenvalue weighted by Gasteiger charge is 2.21. The van der Waals surface area contributed by atoms with Crippen LogP contribution in [0.1, 0.15) is 17.3 Å². The molecule has 0 fully saturated rings. The fraction of sp³-hybridized carbons (Fsp3) is 0.375. The maximum Gasteiger partial charge on any atom is 0.323 e. The van der Waals surface area contributed by atoms with E-state index in [4.69, 9.17) is 9.84 Å². The van der Waals surface area contributed by atoms with Crippen LogP contribution in [-0.4, -0.2) is 53.3 Å². The molecule has 0 atom stereocenters. The number of aliphatic carboxylic acids is 1. The van der Waals surface area contributed by atoms with Crippen LogP contribution < -0.4 is 0 Å². The third kappa shape index (κ3) is 3.28. The Labute approximate surface area is 128 Å². The summed E-state index contributed by atoms with van der Waals surface area (Å²) in [6, 6.07) is 7.59. The van der Waals surface area contributed by atoms with E-state index in [1.807, 2.05) is 28.8 Å². The van der Waals surface area contributed by atoms with Crippen LogP contribution in [0.2, 0.25) is 0 Å². The van der Waals surface area contributed by atoms with Crippen molar-refractivity contribution in [3.63, 3.8) is 0 Å². The van der Waals surface area contributed by atoms with Crippen molar-refractivity contribution < 1.29 is 19.4 Å². The van der Waals surface area contributed by atoms with E-state index >= 15 is 0 Å². The lowest BCUT2D eigenvalue weighted by Crippen LogP contribution is -2.35. The first kappa shape index (κ1) is 16.0. The quantitative estimate of drug-likeness (QED) is 0.847. The fourth-order valence-electron chi connectivity index (χ4n) is 2.45. The van der Waals surface area contributed by atoms with Crippen LogP contribution in [0, 0.1) is 0 Å². The summed E-state index contributed by atoms with van der Waals surface area (Å²) in [6.45, 7) is 2.99. The van der Waals surface area contributed by atoms with Gasteiger partial charge in [0.15, 0.2) is 0 Å². The summed E-state index contributed by atoms with van der Waals surface area (Å²) in [5.74, 6) is -1.28. The number of aromatic nitrogens is 1. The first-order chi connectivity index (χ1) is 10.6. The number of methoxy groups -OCH3 is 1. The molecule has 118 valence electrons. The van der Waals surface area contributed by atoms with E-state index in [1.54, 1.807) is 20.2 Å². The van der Waals surface area contributed by atoms with Gasteiger partial charge < -0.3 is 19.3 Å². The van der Waals surface area contributed by atoms with Gasteiger partial charge in [-0.25, -0.2) is 0 Å². The van der Waals surface area contributed by atoms with E-state index in [2.05, 4.69) is 0 Å². The van der Waals surface area contributed by atoms with Gasteiger partial charge in [0, 0.05) is 37.3 Å². The molecular weight excluding hydrogens is 284 g/mol. The molecule has 0 radical (unpaired) electrons. The molecule has 1 aromatic heterocycles. The molecule has 0 aliphatic heterocycles. The van der Waals surface area contributed by atoms with Crippen LogP contribution in [0.25, 0.3) is 10.9 Å². The minimum absolute atomic E-state index is 0.266. The number of rotatable bonds is 7. The molecule has 2 rings (SSSR count). The van der Waals surface area contributed by atoms with Gasteiger partial charge in [-0.05, 0) is 13.0 Å². The SMILES string of the molecule is CCN(CC(=O)O)C(=O)c1cn(CCOC)c2ccccc12. The van der Waals surface area contributed by atoms with Gasteiger partial charge >= 0.3 is 5.97 Å². The maximum absolute atomic E-state index is 12.6. The largest absolute Gasteiger partial charge is 0.480 e. The molecule has 0 aliphatic carbocycles. The van der Waals surface area contributed by atoms with E-state index in [0.29, 0.717) is 25.3 Å². The van der Waals surface area contributed by atoms with Crippen LogP contribution in [0.4, 0.5) is 0 Å².